The highest BCUT2D eigenvalue weighted by molar-refractivity contribution is 7.90. The van der Waals surface area contributed by atoms with E-state index in [0.29, 0.717) is 11.1 Å². The number of hydrogen-bond acceptors (Lipinski definition) is 6. The van der Waals surface area contributed by atoms with Crippen molar-refractivity contribution in [1.82, 2.24) is 14.1 Å². The van der Waals surface area contributed by atoms with E-state index in [-0.39, 0.29) is 4.90 Å². The minimum atomic E-state index is -3.84. The van der Waals surface area contributed by atoms with Crippen LogP contribution < -0.4 is 4.90 Å². The van der Waals surface area contributed by atoms with Gasteiger partial charge in [0, 0.05) is 42.2 Å². The molecule has 1 fully saturated rings. The van der Waals surface area contributed by atoms with Crippen LogP contribution in [0.5, 0.6) is 0 Å². The monoisotopic (exact) mass is 410 g/mol. The number of furan rings is 1. The first-order valence-corrected chi connectivity index (χ1v) is 11.1. The molecule has 0 bridgehead atoms. The van der Waals surface area contributed by atoms with Crippen molar-refractivity contribution in [2.75, 3.05) is 38.1 Å². The maximum Gasteiger partial charge on any atom is 0.283 e. The second kappa shape index (κ2) is 6.89. The van der Waals surface area contributed by atoms with Crippen molar-refractivity contribution >= 4 is 37.6 Å². The molecule has 0 spiro atoms. The van der Waals surface area contributed by atoms with Crippen molar-refractivity contribution in [3.05, 3.63) is 54.9 Å². The van der Waals surface area contributed by atoms with E-state index >= 15 is 0 Å². The SMILES string of the molecule is CN1CCCN(c2ccc3cnn(S(=O)(=O)c4ccc5ccoc5c4)c3c2)CC1. The van der Waals surface area contributed by atoms with Gasteiger partial charge in [0.1, 0.15) is 5.58 Å². The first-order valence-electron chi connectivity index (χ1n) is 9.66. The zero-order valence-electron chi connectivity index (χ0n) is 16.2. The summed E-state index contributed by atoms with van der Waals surface area (Å²) in [7, 11) is -1.71. The molecule has 8 heteroatoms. The van der Waals surface area contributed by atoms with Crippen LogP contribution in [0.4, 0.5) is 5.69 Å². The van der Waals surface area contributed by atoms with Gasteiger partial charge in [0.15, 0.2) is 0 Å². The molecule has 1 saturated heterocycles. The summed E-state index contributed by atoms with van der Waals surface area (Å²) < 4.78 is 33.1. The summed E-state index contributed by atoms with van der Waals surface area (Å²) in [5.74, 6) is 0. The maximum absolute atomic E-state index is 13.3. The molecule has 5 rings (SSSR count). The number of hydrogen-bond donors (Lipinski definition) is 0. The molecule has 0 saturated carbocycles. The third-order valence-electron chi connectivity index (χ3n) is 5.56. The van der Waals surface area contributed by atoms with Gasteiger partial charge >= 0.3 is 0 Å². The minimum absolute atomic E-state index is 0.159. The normalized spacial score (nSPS) is 16.5. The predicted octanol–water partition coefficient (Wildman–Crippen LogP) is 3.16. The molecule has 0 radical (unpaired) electrons. The van der Waals surface area contributed by atoms with Crippen molar-refractivity contribution in [2.24, 2.45) is 0 Å². The van der Waals surface area contributed by atoms with Gasteiger partial charge in [-0.3, -0.25) is 0 Å². The van der Waals surface area contributed by atoms with Crippen molar-refractivity contribution in [3.8, 4) is 0 Å². The Balaban J connectivity index is 1.57. The van der Waals surface area contributed by atoms with E-state index in [2.05, 4.69) is 21.9 Å². The largest absolute Gasteiger partial charge is 0.464 e. The lowest BCUT2D eigenvalue weighted by molar-refractivity contribution is 0.360. The Morgan fingerprint density at radius 2 is 1.83 bits per heavy atom. The Hall–Kier alpha value is -2.84. The Morgan fingerprint density at radius 3 is 2.72 bits per heavy atom. The van der Waals surface area contributed by atoms with Gasteiger partial charge < -0.3 is 14.2 Å². The molecule has 0 N–H and O–H groups in total. The van der Waals surface area contributed by atoms with Gasteiger partial charge in [-0.2, -0.15) is 17.6 Å². The molecule has 7 nitrogen and oxygen atoms in total. The van der Waals surface area contributed by atoms with Crippen LogP contribution in [-0.2, 0) is 10.0 Å². The summed E-state index contributed by atoms with van der Waals surface area (Å²) in [5.41, 5.74) is 2.14. The Kier molecular flexibility index (Phi) is 4.33. The first-order chi connectivity index (χ1) is 14.0. The molecule has 2 aromatic carbocycles. The third kappa shape index (κ3) is 3.18. The van der Waals surface area contributed by atoms with E-state index in [0.717, 1.165) is 53.1 Å². The molecular formula is C21H22N4O3S. The number of anilines is 1. The van der Waals surface area contributed by atoms with E-state index in [1.165, 1.54) is 0 Å². The van der Waals surface area contributed by atoms with Crippen LogP contribution in [0.1, 0.15) is 6.42 Å². The molecule has 0 unspecified atom stereocenters. The zero-order chi connectivity index (χ0) is 20.0. The fraction of sp³-hybridized carbons (Fsp3) is 0.286. The predicted molar refractivity (Wildman–Crippen MR) is 113 cm³/mol. The molecule has 0 aliphatic carbocycles. The van der Waals surface area contributed by atoms with Crippen LogP contribution in [0.2, 0.25) is 0 Å². The molecule has 1 aliphatic rings. The second-order valence-electron chi connectivity index (χ2n) is 7.50. The number of benzene rings is 2. The summed E-state index contributed by atoms with van der Waals surface area (Å²) in [6, 6.07) is 12.6. The molecular weight excluding hydrogens is 388 g/mol. The van der Waals surface area contributed by atoms with Gasteiger partial charge in [-0.25, -0.2) is 0 Å². The standard InChI is InChI=1S/C21H22N4O3S/c1-23-8-2-9-24(11-10-23)18-5-3-17-15-22-25(20(17)13-18)29(26,27)19-6-4-16-7-12-28-21(16)14-19/h3-7,12-15H,2,8-11H2,1H3. The average Bonchev–Trinajstić information content (AvgIpc) is 3.30. The summed E-state index contributed by atoms with van der Waals surface area (Å²) >= 11 is 0. The smallest absolute Gasteiger partial charge is 0.283 e. The fourth-order valence-corrected chi connectivity index (χ4v) is 5.16. The molecule has 150 valence electrons. The highest BCUT2D eigenvalue weighted by atomic mass is 32.2. The number of fused-ring (bicyclic) bond motifs is 2. The van der Waals surface area contributed by atoms with E-state index in [1.807, 2.05) is 18.2 Å². The second-order valence-corrected chi connectivity index (χ2v) is 9.27. The van der Waals surface area contributed by atoms with Crippen LogP contribution in [0.25, 0.3) is 21.9 Å². The van der Waals surface area contributed by atoms with Gasteiger partial charge in [0.05, 0.1) is 22.9 Å². The van der Waals surface area contributed by atoms with Crippen LogP contribution in [0.15, 0.2) is 64.2 Å². The first kappa shape index (κ1) is 18.2. The van der Waals surface area contributed by atoms with Crippen LogP contribution in [-0.4, -0.2) is 55.7 Å². The van der Waals surface area contributed by atoms with E-state index in [4.69, 9.17) is 4.42 Å². The van der Waals surface area contributed by atoms with E-state index in [9.17, 15) is 8.42 Å². The Morgan fingerprint density at radius 1 is 0.966 bits per heavy atom. The third-order valence-corrected chi connectivity index (χ3v) is 7.16. The summed E-state index contributed by atoms with van der Waals surface area (Å²) in [4.78, 5) is 4.78. The van der Waals surface area contributed by atoms with Gasteiger partial charge in [-0.1, -0.05) is 0 Å². The van der Waals surface area contributed by atoms with Crippen molar-refractivity contribution in [1.29, 1.82) is 0 Å². The lowest BCUT2D eigenvalue weighted by Crippen LogP contribution is -2.28. The average molecular weight is 410 g/mol. The van der Waals surface area contributed by atoms with Crippen molar-refractivity contribution in [3.63, 3.8) is 0 Å². The minimum Gasteiger partial charge on any atom is -0.464 e. The highest BCUT2D eigenvalue weighted by Crippen LogP contribution is 2.27. The maximum atomic E-state index is 13.3. The van der Waals surface area contributed by atoms with Gasteiger partial charge in [0.25, 0.3) is 10.0 Å². The van der Waals surface area contributed by atoms with Gasteiger partial charge in [0.2, 0.25) is 0 Å². The van der Waals surface area contributed by atoms with Crippen LogP contribution in [0.3, 0.4) is 0 Å². The summed E-state index contributed by atoms with van der Waals surface area (Å²) in [6.07, 6.45) is 4.23. The van der Waals surface area contributed by atoms with Crippen LogP contribution in [0, 0.1) is 0 Å². The van der Waals surface area contributed by atoms with E-state index in [1.54, 1.807) is 36.7 Å². The number of nitrogens with zero attached hydrogens (tertiary/aromatic N) is 4. The summed E-state index contributed by atoms with van der Waals surface area (Å²) in [5, 5.41) is 5.86. The van der Waals surface area contributed by atoms with Crippen molar-refractivity contribution in [2.45, 2.75) is 11.3 Å². The number of rotatable bonds is 3. The molecule has 3 heterocycles. The fourth-order valence-electron chi connectivity index (χ4n) is 3.87. The molecule has 2 aromatic heterocycles. The Labute approximate surface area is 169 Å². The summed E-state index contributed by atoms with van der Waals surface area (Å²) in [6.45, 7) is 3.92. The Bertz CT molecular complexity index is 1290. The number of likely N-dealkylation sites (N-methyl/N-ethyl adjacent to an activating group) is 1. The zero-order valence-corrected chi connectivity index (χ0v) is 17.0. The van der Waals surface area contributed by atoms with Crippen LogP contribution >= 0.6 is 0 Å². The highest BCUT2D eigenvalue weighted by Gasteiger charge is 2.22. The molecule has 4 aromatic rings. The lowest BCUT2D eigenvalue weighted by atomic mass is 10.2. The lowest BCUT2D eigenvalue weighted by Gasteiger charge is -2.23. The molecule has 0 amide bonds. The molecule has 0 atom stereocenters. The molecule has 29 heavy (non-hydrogen) atoms. The quantitative estimate of drug-likeness (QED) is 0.517. The number of aromatic nitrogens is 2. The molecule has 1 aliphatic heterocycles. The van der Waals surface area contributed by atoms with Crippen molar-refractivity contribution < 1.29 is 12.8 Å². The topological polar surface area (TPSA) is 71.6 Å². The van der Waals surface area contributed by atoms with Gasteiger partial charge in [-0.15, -0.1) is 0 Å². The van der Waals surface area contributed by atoms with Gasteiger partial charge in [-0.05, 0) is 56.4 Å². The van der Waals surface area contributed by atoms with E-state index < -0.39 is 10.0 Å².